The first-order chi connectivity index (χ1) is 10.1. The molecule has 1 saturated carbocycles. The number of likely N-dealkylation sites (N-methyl/N-ethyl adjacent to an activating group) is 1. The summed E-state index contributed by atoms with van der Waals surface area (Å²) in [5.74, 6) is 0.826. The highest BCUT2D eigenvalue weighted by Gasteiger charge is 2.25. The first-order valence-corrected chi connectivity index (χ1v) is 8.70. The van der Waals surface area contributed by atoms with E-state index in [0.717, 1.165) is 36.6 Å². The first-order valence-electron chi connectivity index (χ1n) is 7.91. The number of benzene rings is 1. The Morgan fingerprint density at radius 1 is 1.38 bits per heavy atom. The highest BCUT2D eigenvalue weighted by Crippen LogP contribution is 2.30. The smallest absolute Gasteiger partial charge is 0.0593 e. The van der Waals surface area contributed by atoms with Crippen molar-refractivity contribution in [3.8, 4) is 0 Å². The predicted octanol–water partition coefficient (Wildman–Crippen LogP) is 3.59. The van der Waals surface area contributed by atoms with Crippen molar-refractivity contribution >= 4 is 15.9 Å². The van der Waals surface area contributed by atoms with E-state index in [-0.39, 0.29) is 12.1 Å². The summed E-state index contributed by atoms with van der Waals surface area (Å²) in [6.45, 7) is 4.76. The van der Waals surface area contributed by atoms with Crippen LogP contribution in [0.4, 0.5) is 0 Å². The number of rotatable bonds is 9. The van der Waals surface area contributed by atoms with Gasteiger partial charge in [-0.2, -0.15) is 0 Å². The van der Waals surface area contributed by atoms with Crippen molar-refractivity contribution in [3.63, 3.8) is 0 Å². The van der Waals surface area contributed by atoms with Gasteiger partial charge in [-0.25, -0.2) is 0 Å². The minimum Gasteiger partial charge on any atom is -0.380 e. The van der Waals surface area contributed by atoms with Crippen molar-refractivity contribution in [3.05, 3.63) is 34.3 Å². The van der Waals surface area contributed by atoms with Crippen molar-refractivity contribution in [1.29, 1.82) is 0 Å². The molecule has 0 aromatic heterocycles. The summed E-state index contributed by atoms with van der Waals surface area (Å²) in [6, 6.07) is 8.70. The van der Waals surface area contributed by atoms with Crippen molar-refractivity contribution in [2.45, 2.75) is 38.3 Å². The maximum Gasteiger partial charge on any atom is 0.0593 e. The Bertz CT molecular complexity index is 437. The Morgan fingerprint density at radius 2 is 2.10 bits per heavy atom. The molecule has 2 unspecified atom stereocenters. The Hall–Kier alpha value is -0.420. The van der Waals surface area contributed by atoms with Crippen LogP contribution in [0.2, 0.25) is 0 Å². The van der Waals surface area contributed by atoms with Crippen LogP contribution in [0.5, 0.6) is 0 Å². The van der Waals surface area contributed by atoms with Gasteiger partial charge in [0.2, 0.25) is 0 Å². The lowest BCUT2D eigenvalue weighted by Gasteiger charge is -2.33. The molecule has 1 aliphatic carbocycles. The second kappa shape index (κ2) is 8.28. The first kappa shape index (κ1) is 16.9. The Kier molecular flexibility index (Phi) is 6.68. The lowest BCUT2D eigenvalue weighted by Crippen LogP contribution is -2.40. The van der Waals surface area contributed by atoms with Gasteiger partial charge >= 0.3 is 0 Å². The molecule has 0 bridgehead atoms. The molecule has 0 heterocycles. The number of nitrogens with zero attached hydrogens (tertiary/aromatic N) is 1. The monoisotopic (exact) mass is 354 g/mol. The van der Waals surface area contributed by atoms with Crippen molar-refractivity contribution < 1.29 is 4.74 Å². The van der Waals surface area contributed by atoms with Crippen LogP contribution < -0.4 is 5.73 Å². The Balaban J connectivity index is 1.95. The van der Waals surface area contributed by atoms with Gasteiger partial charge in [-0.05, 0) is 43.9 Å². The summed E-state index contributed by atoms with van der Waals surface area (Å²) in [5, 5.41) is 0. The van der Waals surface area contributed by atoms with E-state index in [1.165, 1.54) is 18.4 Å². The van der Waals surface area contributed by atoms with Crippen LogP contribution in [0, 0.1) is 5.92 Å². The fourth-order valence-corrected chi connectivity index (χ4v) is 3.13. The van der Waals surface area contributed by atoms with Gasteiger partial charge in [0.05, 0.1) is 12.6 Å². The molecule has 1 aromatic rings. The third kappa shape index (κ3) is 5.06. The van der Waals surface area contributed by atoms with E-state index in [0.29, 0.717) is 0 Å². The zero-order chi connectivity index (χ0) is 15.2. The molecular formula is C17H27BrN2O. The van der Waals surface area contributed by atoms with Crippen LogP contribution in [-0.2, 0) is 4.74 Å². The molecule has 1 aromatic carbocycles. The van der Waals surface area contributed by atoms with Gasteiger partial charge in [-0.15, -0.1) is 0 Å². The third-order valence-electron chi connectivity index (χ3n) is 4.21. The van der Waals surface area contributed by atoms with Gasteiger partial charge in [0.15, 0.2) is 0 Å². The summed E-state index contributed by atoms with van der Waals surface area (Å²) in [5.41, 5.74) is 7.64. The minimum absolute atomic E-state index is 0.122. The zero-order valence-electron chi connectivity index (χ0n) is 13.1. The molecule has 2 rings (SSSR count). The Labute approximate surface area is 137 Å². The molecule has 0 amide bonds. The highest BCUT2D eigenvalue weighted by atomic mass is 79.9. The van der Waals surface area contributed by atoms with Crippen LogP contribution in [0.15, 0.2) is 28.7 Å². The normalized spacial score (nSPS) is 18.0. The number of halogens is 1. The number of ether oxygens (including phenoxy) is 1. The fourth-order valence-electron chi connectivity index (χ4n) is 2.62. The largest absolute Gasteiger partial charge is 0.380 e. The summed E-state index contributed by atoms with van der Waals surface area (Å²) in [4.78, 5) is 2.32. The lowest BCUT2D eigenvalue weighted by molar-refractivity contribution is 0.0860. The molecule has 3 nitrogen and oxygen atoms in total. The SMILES string of the molecule is CCC(N)C(c1ccccc1Br)N(C)CCOCC1CC1. The van der Waals surface area contributed by atoms with Gasteiger partial charge in [-0.1, -0.05) is 41.1 Å². The number of hydrogen-bond donors (Lipinski definition) is 1. The van der Waals surface area contributed by atoms with Crippen molar-refractivity contribution in [2.24, 2.45) is 11.7 Å². The fraction of sp³-hybridized carbons (Fsp3) is 0.647. The van der Waals surface area contributed by atoms with Gasteiger partial charge in [0.1, 0.15) is 0 Å². The predicted molar refractivity (Wildman–Crippen MR) is 91.3 cm³/mol. The van der Waals surface area contributed by atoms with E-state index in [2.05, 4.69) is 53.0 Å². The zero-order valence-corrected chi connectivity index (χ0v) is 14.7. The van der Waals surface area contributed by atoms with Crippen LogP contribution >= 0.6 is 15.9 Å². The molecule has 0 spiro atoms. The van der Waals surface area contributed by atoms with Gasteiger partial charge in [-0.3, -0.25) is 4.90 Å². The number of hydrogen-bond acceptors (Lipinski definition) is 3. The Morgan fingerprint density at radius 3 is 2.71 bits per heavy atom. The van der Waals surface area contributed by atoms with Crippen LogP contribution in [-0.4, -0.2) is 37.7 Å². The van der Waals surface area contributed by atoms with E-state index in [1.807, 2.05) is 6.07 Å². The second-order valence-electron chi connectivity index (χ2n) is 6.04. The molecular weight excluding hydrogens is 328 g/mol. The molecule has 1 fully saturated rings. The summed E-state index contributed by atoms with van der Waals surface area (Å²) in [7, 11) is 2.14. The highest BCUT2D eigenvalue weighted by molar-refractivity contribution is 9.10. The molecule has 0 aliphatic heterocycles. The van der Waals surface area contributed by atoms with E-state index in [4.69, 9.17) is 10.5 Å². The van der Waals surface area contributed by atoms with Crippen LogP contribution in [0.25, 0.3) is 0 Å². The van der Waals surface area contributed by atoms with Crippen LogP contribution in [0.1, 0.15) is 37.8 Å². The van der Waals surface area contributed by atoms with E-state index in [1.54, 1.807) is 0 Å². The average molecular weight is 355 g/mol. The molecule has 1 aliphatic rings. The maximum absolute atomic E-state index is 6.38. The van der Waals surface area contributed by atoms with Gasteiger partial charge in [0.25, 0.3) is 0 Å². The lowest BCUT2D eigenvalue weighted by atomic mass is 9.97. The standard InChI is InChI=1S/C17H27BrN2O/c1-3-16(19)17(14-6-4-5-7-15(14)18)20(2)10-11-21-12-13-8-9-13/h4-7,13,16-17H,3,8-12,19H2,1-2H3. The van der Waals surface area contributed by atoms with Crippen molar-refractivity contribution in [2.75, 3.05) is 26.8 Å². The second-order valence-corrected chi connectivity index (χ2v) is 6.89. The third-order valence-corrected chi connectivity index (χ3v) is 4.94. The molecule has 0 saturated heterocycles. The van der Waals surface area contributed by atoms with Crippen LogP contribution in [0.3, 0.4) is 0 Å². The number of nitrogens with two attached hydrogens (primary N) is 1. The van der Waals surface area contributed by atoms with E-state index >= 15 is 0 Å². The summed E-state index contributed by atoms with van der Waals surface area (Å²) >= 11 is 3.66. The quantitative estimate of drug-likeness (QED) is 0.688. The van der Waals surface area contributed by atoms with Gasteiger partial charge in [0, 0.05) is 23.7 Å². The van der Waals surface area contributed by atoms with Crippen molar-refractivity contribution in [1.82, 2.24) is 4.90 Å². The molecule has 0 radical (unpaired) electrons. The molecule has 4 heteroatoms. The average Bonchev–Trinajstić information content (AvgIpc) is 3.30. The molecule has 2 atom stereocenters. The maximum atomic E-state index is 6.38. The minimum atomic E-state index is 0.122. The molecule has 21 heavy (non-hydrogen) atoms. The van der Waals surface area contributed by atoms with E-state index < -0.39 is 0 Å². The van der Waals surface area contributed by atoms with E-state index in [9.17, 15) is 0 Å². The topological polar surface area (TPSA) is 38.5 Å². The molecule has 2 N–H and O–H groups in total. The summed E-state index contributed by atoms with van der Waals surface area (Å²) in [6.07, 6.45) is 3.64. The summed E-state index contributed by atoms with van der Waals surface area (Å²) < 4.78 is 6.89. The molecule has 118 valence electrons. The van der Waals surface area contributed by atoms with Gasteiger partial charge < -0.3 is 10.5 Å².